The van der Waals surface area contributed by atoms with Crippen LogP contribution in [0.25, 0.3) is 6.08 Å². The van der Waals surface area contributed by atoms with Crippen LogP contribution >= 0.6 is 23.2 Å². The zero-order valence-corrected chi connectivity index (χ0v) is 19.5. The number of nitrogens with zero attached hydrogens (tertiary/aromatic N) is 3. The Labute approximate surface area is 198 Å². The second kappa shape index (κ2) is 11.7. The molecule has 0 spiro atoms. The van der Waals surface area contributed by atoms with Crippen LogP contribution in [0.2, 0.25) is 10.0 Å². The van der Waals surface area contributed by atoms with E-state index in [1.165, 1.54) is 6.08 Å². The maximum absolute atomic E-state index is 12.6. The molecule has 3 amide bonds. The zero-order valence-electron chi connectivity index (χ0n) is 18.0. The lowest BCUT2D eigenvalue weighted by Gasteiger charge is -2.35. The van der Waals surface area contributed by atoms with E-state index in [1.807, 2.05) is 0 Å². The molecule has 0 radical (unpaired) electrons. The summed E-state index contributed by atoms with van der Waals surface area (Å²) in [5.74, 6) is -0.266. The molecule has 1 unspecified atom stereocenters. The minimum atomic E-state index is -0.180. The molecule has 1 N–H and O–H groups in total. The molecule has 2 fully saturated rings. The molecular weight excluding hydrogens is 453 g/mol. The van der Waals surface area contributed by atoms with Crippen molar-refractivity contribution in [2.45, 2.75) is 38.1 Å². The Morgan fingerprint density at radius 3 is 2.66 bits per heavy atom. The molecule has 2 saturated heterocycles. The van der Waals surface area contributed by atoms with Crippen LogP contribution in [0.4, 0.5) is 0 Å². The summed E-state index contributed by atoms with van der Waals surface area (Å²) in [5.41, 5.74) is 0.762. The standard InChI is InChI=1S/C23H29Cl2N3O4/c24-19-6-4-17(15-20(19)25)5-7-21(30)26-11-8-22(31)27(14-13-26)12-9-23(32)28-10-2-1-3-18(28)16-29/h4-7,15,18,29H,1-3,8-14,16H2/b7-5+. The predicted octanol–water partition coefficient (Wildman–Crippen LogP) is 2.83. The van der Waals surface area contributed by atoms with Crippen LogP contribution in [0, 0.1) is 0 Å². The van der Waals surface area contributed by atoms with Gasteiger partial charge in [0.05, 0.1) is 22.7 Å². The molecule has 0 aromatic heterocycles. The number of benzene rings is 1. The smallest absolute Gasteiger partial charge is 0.246 e. The number of aliphatic hydroxyl groups is 1. The van der Waals surface area contributed by atoms with Gasteiger partial charge in [-0.1, -0.05) is 29.3 Å². The van der Waals surface area contributed by atoms with Crippen LogP contribution in [0.5, 0.6) is 0 Å². The van der Waals surface area contributed by atoms with Gasteiger partial charge in [-0.25, -0.2) is 0 Å². The van der Waals surface area contributed by atoms with Crippen molar-refractivity contribution >= 4 is 47.0 Å². The third-order valence-electron chi connectivity index (χ3n) is 6.02. The highest BCUT2D eigenvalue weighted by molar-refractivity contribution is 6.42. The lowest BCUT2D eigenvalue weighted by Crippen LogP contribution is -2.47. The highest BCUT2D eigenvalue weighted by atomic mass is 35.5. The number of aliphatic hydroxyl groups excluding tert-OH is 1. The quantitative estimate of drug-likeness (QED) is 0.633. The fourth-order valence-corrected chi connectivity index (χ4v) is 4.41. The van der Waals surface area contributed by atoms with Crippen LogP contribution in [-0.2, 0) is 14.4 Å². The Morgan fingerprint density at radius 2 is 1.91 bits per heavy atom. The summed E-state index contributed by atoms with van der Waals surface area (Å²) in [4.78, 5) is 42.8. The number of rotatable bonds is 6. The van der Waals surface area contributed by atoms with E-state index in [0.717, 1.165) is 24.8 Å². The van der Waals surface area contributed by atoms with Crippen LogP contribution < -0.4 is 0 Å². The first-order valence-electron chi connectivity index (χ1n) is 11.0. The Hall–Kier alpha value is -2.09. The first kappa shape index (κ1) is 24.6. The number of piperidine rings is 1. The number of carbonyl (C=O) groups excluding carboxylic acids is 3. The third-order valence-corrected chi connectivity index (χ3v) is 6.75. The Kier molecular flexibility index (Phi) is 8.96. The topological polar surface area (TPSA) is 81.2 Å². The maximum Gasteiger partial charge on any atom is 0.246 e. The van der Waals surface area contributed by atoms with Crippen molar-refractivity contribution in [3.8, 4) is 0 Å². The van der Waals surface area contributed by atoms with Crippen LogP contribution in [0.15, 0.2) is 24.3 Å². The molecule has 0 bridgehead atoms. The van der Waals surface area contributed by atoms with E-state index >= 15 is 0 Å². The average molecular weight is 482 g/mol. The number of hydrogen-bond acceptors (Lipinski definition) is 4. The minimum absolute atomic E-state index is 0.0266. The van der Waals surface area contributed by atoms with Gasteiger partial charge < -0.3 is 19.8 Å². The molecule has 174 valence electrons. The molecular formula is C23H29Cl2N3O4. The zero-order chi connectivity index (χ0) is 23.1. The predicted molar refractivity (Wildman–Crippen MR) is 124 cm³/mol. The monoisotopic (exact) mass is 481 g/mol. The van der Waals surface area contributed by atoms with E-state index in [0.29, 0.717) is 42.8 Å². The van der Waals surface area contributed by atoms with E-state index in [-0.39, 0.29) is 43.2 Å². The molecule has 0 saturated carbocycles. The van der Waals surface area contributed by atoms with Crippen LogP contribution in [-0.4, -0.2) is 82.9 Å². The summed E-state index contributed by atoms with van der Waals surface area (Å²) in [6.07, 6.45) is 6.37. The molecule has 9 heteroatoms. The lowest BCUT2D eigenvalue weighted by atomic mass is 10.0. The number of halogens is 2. The number of carbonyl (C=O) groups is 3. The van der Waals surface area contributed by atoms with E-state index in [9.17, 15) is 19.5 Å². The number of likely N-dealkylation sites (tertiary alicyclic amines) is 1. The molecule has 0 aliphatic carbocycles. The van der Waals surface area contributed by atoms with Crippen molar-refractivity contribution in [1.82, 2.24) is 14.7 Å². The minimum Gasteiger partial charge on any atom is -0.394 e. The molecule has 1 aromatic carbocycles. The van der Waals surface area contributed by atoms with Gasteiger partial charge in [0.2, 0.25) is 17.7 Å². The van der Waals surface area contributed by atoms with Gasteiger partial charge in [0.15, 0.2) is 0 Å². The Balaban J connectivity index is 1.51. The van der Waals surface area contributed by atoms with Gasteiger partial charge in [-0.05, 0) is 43.0 Å². The largest absolute Gasteiger partial charge is 0.394 e. The van der Waals surface area contributed by atoms with E-state index in [4.69, 9.17) is 23.2 Å². The first-order valence-corrected chi connectivity index (χ1v) is 11.7. The Bertz CT molecular complexity index is 877. The van der Waals surface area contributed by atoms with Crippen molar-refractivity contribution < 1.29 is 19.5 Å². The summed E-state index contributed by atoms with van der Waals surface area (Å²) in [7, 11) is 0. The van der Waals surface area contributed by atoms with Gasteiger partial charge in [0.25, 0.3) is 0 Å². The van der Waals surface area contributed by atoms with Gasteiger partial charge in [-0.2, -0.15) is 0 Å². The third kappa shape index (κ3) is 6.47. The summed E-state index contributed by atoms with van der Waals surface area (Å²) in [5, 5.41) is 10.4. The fourth-order valence-electron chi connectivity index (χ4n) is 4.11. The van der Waals surface area contributed by atoms with E-state index in [2.05, 4.69) is 0 Å². The maximum atomic E-state index is 12.6. The highest BCUT2D eigenvalue weighted by Gasteiger charge is 2.28. The molecule has 7 nitrogen and oxygen atoms in total. The normalized spacial score (nSPS) is 20.0. The molecule has 2 heterocycles. The Morgan fingerprint density at radius 1 is 1.09 bits per heavy atom. The highest BCUT2D eigenvalue weighted by Crippen LogP contribution is 2.23. The van der Waals surface area contributed by atoms with E-state index < -0.39 is 0 Å². The van der Waals surface area contributed by atoms with Crippen molar-refractivity contribution in [2.24, 2.45) is 0 Å². The van der Waals surface area contributed by atoms with Gasteiger partial charge >= 0.3 is 0 Å². The summed E-state index contributed by atoms with van der Waals surface area (Å²) in [6.45, 7) is 2.10. The summed E-state index contributed by atoms with van der Waals surface area (Å²) >= 11 is 11.9. The molecule has 1 atom stereocenters. The second-order valence-corrected chi connectivity index (χ2v) is 8.95. The molecule has 2 aliphatic heterocycles. The van der Waals surface area contributed by atoms with Crippen molar-refractivity contribution in [3.63, 3.8) is 0 Å². The van der Waals surface area contributed by atoms with Crippen molar-refractivity contribution in [2.75, 3.05) is 39.3 Å². The lowest BCUT2D eigenvalue weighted by molar-refractivity contribution is -0.137. The van der Waals surface area contributed by atoms with Crippen LogP contribution in [0.3, 0.4) is 0 Å². The van der Waals surface area contributed by atoms with Crippen molar-refractivity contribution in [1.29, 1.82) is 0 Å². The second-order valence-electron chi connectivity index (χ2n) is 8.13. The molecule has 3 rings (SSSR count). The van der Waals surface area contributed by atoms with Gasteiger partial charge in [-0.3, -0.25) is 14.4 Å². The van der Waals surface area contributed by atoms with E-state index in [1.54, 1.807) is 39.0 Å². The fraction of sp³-hybridized carbons (Fsp3) is 0.522. The van der Waals surface area contributed by atoms with Crippen molar-refractivity contribution in [3.05, 3.63) is 39.9 Å². The van der Waals surface area contributed by atoms with Gasteiger partial charge in [-0.15, -0.1) is 0 Å². The SMILES string of the molecule is O=C(/C=C/c1ccc(Cl)c(Cl)c1)N1CCC(=O)N(CCC(=O)N2CCCCC2CO)CC1. The number of hydrogen-bond donors (Lipinski definition) is 1. The molecule has 32 heavy (non-hydrogen) atoms. The van der Waals surface area contributed by atoms with Gasteiger partial charge in [0, 0.05) is 51.6 Å². The number of amides is 3. The van der Waals surface area contributed by atoms with Gasteiger partial charge in [0.1, 0.15) is 0 Å². The molecule has 1 aromatic rings. The summed E-state index contributed by atoms with van der Waals surface area (Å²) < 4.78 is 0. The van der Waals surface area contributed by atoms with Crippen LogP contribution in [0.1, 0.15) is 37.7 Å². The first-order chi connectivity index (χ1) is 15.4. The molecule has 2 aliphatic rings. The summed E-state index contributed by atoms with van der Waals surface area (Å²) in [6, 6.07) is 5.00. The average Bonchev–Trinajstić information content (AvgIpc) is 2.99.